The topological polar surface area (TPSA) is 129 Å². The molecule has 31 heavy (non-hydrogen) atoms. The van der Waals surface area contributed by atoms with Crippen molar-refractivity contribution in [3.05, 3.63) is 47.1 Å². The van der Waals surface area contributed by atoms with Gasteiger partial charge in [-0.25, -0.2) is 0 Å². The summed E-state index contributed by atoms with van der Waals surface area (Å²) in [7, 11) is 0. The van der Waals surface area contributed by atoms with E-state index in [1.807, 2.05) is 0 Å². The van der Waals surface area contributed by atoms with Crippen LogP contribution in [-0.2, 0) is 28.3 Å². The molecule has 2 N–H and O–H groups in total. The van der Waals surface area contributed by atoms with Crippen molar-refractivity contribution in [1.29, 1.82) is 0 Å². The standard InChI is InChI=1S/C21H23N5O5/c27-18-4-2-16(19(28)24-18)26-11-15-14(20(26)29)1-3-17(23-15)21(30)5-7-25(8-6-21)10-13-9-22-31-12-13/h1,3,9,12,16,30H,2,4-8,10-11H2,(H,24,27,28). The van der Waals surface area contributed by atoms with E-state index in [1.165, 1.54) is 4.90 Å². The molecule has 1 unspecified atom stereocenters. The Morgan fingerprint density at radius 2 is 2.03 bits per heavy atom. The van der Waals surface area contributed by atoms with Gasteiger partial charge in [0.2, 0.25) is 11.8 Å². The number of nitrogens with zero attached hydrogens (tertiary/aromatic N) is 4. The lowest BCUT2D eigenvalue weighted by Gasteiger charge is -2.37. The highest BCUT2D eigenvalue weighted by atomic mass is 16.5. The van der Waals surface area contributed by atoms with E-state index in [0.29, 0.717) is 55.8 Å². The Hall–Kier alpha value is -3.11. The average Bonchev–Trinajstić information content (AvgIpc) is 3.38. The van der Waals surface area contributed by atoms with E-state index in [4.69, 9.17) is 4.52 Å². The molecule has 5 rings (SSSR count). The van der Waals surface area contributed by atoms with Crippen LogP contribution in [0.5, 0.6) is 0 Å². The van der Waals surface area contributed by atoms with Gasteiger partial charge in [0.25, 0.3) is 5.91 Å². The molecule has 0 radical (unpaired) electrons. The number of rotatable bonds is 4. The zero-order valence-electron chi connectivity index (χ0n) is 16.9. The summed E-state index contributed by atoms with van der Waals surface area (Å²) in [6, 6.07) is 2.72. The summed E-state index contributed by atoms with van der Waals surface area (Å²) in [5.74, 6) is -1.03. The molecule has 2 saturated heterocycles. The van der Waals surface area contributed by atoms with Gasteiger partial charge in [-0.15, -0.1) is 0 Å². The van der Waals surface area contributed by atoms with Crippen molar-refractivity contribution in [2.75, 3.05) is 13.1 Å². The minimum absolute atomic E-state index is 0.198. The predicted octanol–water partition coefficient (Wildman–Crippen LogP) is 0.314. The number of aromatic nitrogens is 2. The minimum Gasteiger partial charge on any atom is -0.383 e. The number of likely N-dealkylation sites (tertiary alicyclic amines) is 1. The van der Waals surface area contributed by atoms with Crippen LogP contribution in [0.4, 0.5) is 0 Å². The van der Waals surface area contributed by atoms with Gasteiger partial charge in [0.1, 0.15) is 17.9 Å². The number of aliphatic hydroxyl groups is 1. The first kappa shape index (κ1) is 19.8. The molecule has 5 heterocycles. The van der Waals surface area contributed by atoms with Crippen molar-refractivity contribution in [2.45, 2.75) is 50.4 Å². The Kier molecular flexibility index (Phi) is 4.82. The summed E-state index contributed by atoms with van der Waals surface area (Å²) in [4.78, 5) is 44.8. The Morgan fingerprint density at radius 3 is 2.74 bits per heavy atom. The molecule has 3 aliphatic heterocycles. The predicted molar refractivity (Wildman–Crippen MR) is 105 cm³/mol. The number of fused-ring (bicyclic) bond motifs is 1. The van der Waals surface area contributed by atoms with Crippen LogP contribution in [0.2, 0.25) is 0 Å². The van der Waals surface area contributed by atoms with Gasteiger partial charge in [-0.05, 0) is 31.4 Å². The van der Waals surface area contributed by atoms with E-state index in [-0.39, 0.29) is 24.8 Å². The van der Waals surface area contributed by atoms with Crippen LogP contribution < -0.4 is 5.32 Å². The third-order valence-electron chi connectivity index (χ3n) is 6.42. The van der Waals surface area contributed by atoms with Crippen LogP contribution in [0, 0.1) is 0 Å². The summed E-state index contributed by atoms with van der Waals surface area (Å²) >= 11 is 0. The largest absolute Gasteiger partial charge is 0.383 e. The highest BCUT2D eigenvalue weighted by Crippen LogP contribution is 2.34. The molecule has 2 fully saturated rings. The summed E-state index contributed by atoms with van der Waals surface area (Å²) in [6.45, 7) is 2.31. The number of carbonyl (C=O) groups excluding carboxylic acids is 3. The fourth-order valence-corrected chi connectivity index (χ4v) is 4.60. The molecule has 0 bridgehead atoms. The van der Waals surface area contributed by atoms with Gasteiger partial charge in [-0.2, -0.15) is 0 Å². The van der Waals surface area contributed by atoms with Gasteiger partial charge in [0.15, 0.2) is 0 Å². The van der Waals surface area contributed by atoms with E-state index in [1.54, 1.807) is 24.6 Å². The Balaban J connectivity index is 1.29. The zero-order valence-corrected chi connectivity index (χ0v) is 16.9. The smallest absolute Gasteiger partial charge is 0.256 e. The Morgan fingerprint density at radius 1 is 1.23 bits per heavy atom. The van der Waals surface area contributed by atoms with Crippen LogP contribution in [0.3, 0.4) is 0 Å². The molecule has 0 spiro atoms. The van der Waals surface area contributed by atoms with Crippen LogP contribution >= 0.6 is 0 Å². The highest BCUT2D eigenvalue weighted by molar-refractivity contribution is 6.05. The fourth-order valence-electron chi connectivity index (χ4n) is 4.60. The lowest BCUT2D eigenvalue weighted by Crippen LogP contribution is -2.52. The number of pyridine rings is 1. The fraction of sp³-hybridized carbons (Fsp3) is 0.476. The molecule has 0 aromatic carbocycles. The minimum atomic E-state index is -1.06. The van der Waals surface area contributed by atoms with Gasteiger partial charge in [0, 0.05) is 31.6 Å². The number of carbonyl (C=O) groups is 3. The molecule has 2 aromatic heterocycles. The van der Waals surface area contributed by atoms with Crippen molar-refractivity contribution in [3.8, 4) is 0 Å². The second kappa shape index (κ2) is 7.54. The Labute approximate surface area is 178 Å². The molecular weight excluding hydrogens is 402 g/mol. The van der Waals surface area contributed by atoms with E-state index in [9.17, 15) is 19.5 Å². The maximum atomic E-state index is 12.8. The van der Waals surface area contributed by atoms with Crippen molar-refractivity contribution < 1.29 is 24.0 Å². The first-order valence-corrected chi connectivity index (χ1v) is 10.4. The molecule has 162 valence electrons. The van der Waals surface area contributed by atoms with Crippen LogP contribution in [0.25, 0.3) is 0 Å². The molecule has 3 aliphatic rings. The van der Waals surface area contributed by atoms with Gasteiger partial charge < -0.3 is 14.5 Å². The number of piperidine rings is 2. The number of imide groups is 1. The van der Waals surface area contributed by atoms with E-state index in [2.05, 4.69) is 20.4 Å². The molecule has 10 nitrogen and oxygen atoms in total. The molecule has 1 atom stereocenters. The molecule has 0 aliphatic carbocycles. The van der Waals surface area contributed by atoms with Crippen molar-refractivity contribution in [3.63, 3.8) is 0 Å². The normalized spacial score (nSPS) is 23.7. The van der Waals surface area contributed by atoms with Gasteiger partial charge in [-0.1, -0.05) is 5.16 Å². The quantitative estimate of drug-likeness (QED) is 0.670. The monoisotopic (exact) mass is 425 g/mol. The van der Waals surface area contributed by atoms with Crippen molar-refractivity contribution >= 4 is 17.7 Å². The summed E-state index contributed by atoms with van der Waals surface area (Å²) in [5.41, 5.74) is 1.49. The number of nitrogens with one attached hydrogen (secondary N) is 1. The van der Waals surface area contributed by atoms with Crippen molar-refractivity contribution in [2.24, 2.45) is 0 Å². The lowest BCUT2D eigenvalue weighted by atomic mass is 9.87. The number of hydrogen-bond acceptors (Lipinski definition) is 8. The lowest BCUT2D eigenvalue weighted by molar-refractivity contribution is -0.136. The van der Waals surface area contributed by atoms with Gasteiger partial charge in [-0.3, -0.25) is 29.6 Å². The Bertz CT molecular complexity index is 1030. The van der Waals surface area contributed by atoms with E-state index >= 15 is 0 Å². The van der Waals surface area contributed by atoms with Crippen LogP contribution in [0.1, 0.15) is 53.0 Å². The molecule has 2 aromatic rings. The summed E-state index contributed by atoms with van der Waals surface area (Å²) < 4.78 is 4.87. The van der Waals surface area contributed by atoms with E-state index < -0.39 is 17.6 Å². The molecular formula is C21H23N5O5. The van der Waals surface area contributed by atoms with Gasteiger partial charge >= 0.3 is 0 Å². The zero-order chi connectivity index (χ0) is 21.6. The summed E-state index contributed by atoms with van der Waals surface area (Å²) in [6.07, 6.45) is 4.87. The van der Waals surface area contributed by atoms with Gasteiger partial charge in [0.05, 0.1) is 29.7 Å². The first-order valence-electron chi connectivity index (χ1n) is 10.4. The summed E-state index contributed by atoms with van der Waals surface area (Å²) in [5, 5.41) is 17.3. The van der Waals surface area contributed by atoms with E-state index in [0.717, 1.165) is 5.56 Å². The van der Waals surface area contributed by atoms with Crippen molar-refractivity contribution in [1.82, 2.24) is 25.3 Å². The third kappa shape index (κ3) is 3.61. The number of hydrogen-bond donors (Lipinski definition) is 2. The number of amides is 3. The maximum Gasteiger partial charge on any atom is 0.256 e. The van der Waals surface area contributed by atoms with Crippen LogP contribution in [0.15, 0.2) is 29.1 Å². The third-order valence-corrected chi connectivity index (χ3v) is 6.42. The molecule has 10 heteroatoms. The second-order valence-corrected chi connectivity index (χ2v) is 8.43. The second-order valence-electron chi connectivity index (χ2n) is 8.43. The molecule has 3 amide bonds. The highest BCUT2D eigenvalue weighted by Gasteiger charge is 2.41. The molecule has 0 saturated carbocycles. The maximum absolute atomic E-state index is 12.8. The van der Waals surface area contributed by atoms with Crippen LogP contribution in [-0.4, -0.2) is 61.9 Å². The first-order chi connectivity index (χ1) is 14.9. The SMILES string of the molecule is O=C1CCC(N2Cc3nc(C4(O)CCN(Cc5cnoc5)CC4)ccc3C2=O)C(=O)N1. The average molecular weight is 425 g/mol.